The summed E-state index contributed by atoms with van der Waals surface area (Å²) < 4.78 is 16.2. The van der Waals surface area contributed by atoms with E-state index in [0.717, 1.165) is 23.5 Å². The van der Waals surface area contributed by atoms with Crippen LogP contribution in [0.15, 0.2) is 23.6 Å². The number of hydrogen-bond acceptors (Lipinski definition) is 6. The highest BCUT2D eigenvalue weighted by atomic mass is 32.1. The van der Waals surface area contributed by atoms with Crippen LogP contribution in [0.4, 0.5) is 0 Å². The van der Waals surface area contributed by atoms with E-state index in [1.54, 1.807) is 36.5 Å². The number of carbonyl (C=O) groups excluding carboxylic acids is 1. The predicted octanol–water partition coefficient (Wildman–Crippen LogP) is 2.70. The molecule has 1 atom stereocenters. The third-order valence-electron chi connectivity index (χ3n) is 3.56. The largest absolute Gasteiger partial charge is 0.481 e. The molecule has 1 N–H and O–H groups in total. The molecule has 1 aliphatic heterocycles. The molecule has 0 bridgehead atoms. The molecule has 1 aromatic heterocycles. The molecule has 0 saturated heterocycles. The normalized spacial score (nSPS) is 13.6. The predicted molar refractivity (Wildman–Crippen MR) is 90.8 cm³/mol. The fourth-order valence-electron chi connectivity index (χ4n) is 2.32. The van der Waals surface area contributed by atoms with Gasteiger partial charge in [-0.25, -0.2) is 4.98 Å². The zero-order valence-electron chi connectivity index (χ0n) is 13.7. The van der Waals surface area contributed by atoms with E-state index in [9.17, 15) is 4.79 Å². The van der Waals surface area contributed by atoms with Gasteiger partial charge in [0.25, 0.3) is 5.91 Å². The number of hydrogen-bond donors (Lipinski definition) is 1. The molecule has 1 aliphatic rings. The molecule has 0 fully saturated rings. The van der Waals surface area contributed by atoms with E-state index in [1.807, 2.05) is 12.3 Å². The molecule has 0 saturated carbocycles. The van der Waals surface area contributed by atoms with Gasteiger partial charge in [0, 0.05) is 30.1 Å². The number of carbonyl (C=O) groups is 1. The Morgan fingerprint density at radius 2 is 2.25 bits per heavy atom. The third-order valence-corrected chi connectivity index (χ3v) is 4.59. The summed E-state index contributed by atoms with van der Waals surface area (Å²) in [4.78, 5) is 16.5. The van der Waals surface area contributed by atoms with E-state index in [1.165, 1.54) is 0 Å². The lowest BCUT2D eigenvalue weighted by Gasteiger charge is -2.14. The van der Waals surface area contributed by atoms with Crippen LogP contribution in [-0.2, 0) is 11.2 Å². The van der Waals surface area contributed by atoms with Crippen LogP contribution in [0, 0.1) is 6.92 Å². The number of nitrogens with zero attached hydrogens (tertiary/aromatic N) is 1. The highest BCUT2D eigenvalue weighted by Crippen LogP contribution is 2.35. The van der Waals surface area contributed by atoms with Gasteiger partial charge in [-0.15, -0.1) is 11.3 Å². The van der Waals surface area contributed by atoms with Gasteiger partial charge in [-0.2, -0.15) is 0 Å². The standard InChI is InChI=1S/C17H20N2O4S/c1-11-9-24-16(19-11)4-3-7-18-17(20)12(2)23-13-5-6-14-15(8-13)22-10-21-14/h5-6,8-9,12H,3-4,7,10H2,1-2H3,(H,18,20)/t12-/m1/s1. The van der Waals surface area contributed by atoms with E-state index >= 15 is 0 Å². The Morgan fingerprint density at radius 3 is 3.04 bits per heavy atom. The summed E-state index contributed by atoms with van der Waals surface area (Å²) in [7, 11) is 0. The van der Waals surface area contributed by atoms with Gasteiger partial charge in [-0.3, -0.25) is 4.79 Å². The van der Waals surface area contributed by atoms with Gasteiger partial charge in [-0.1, -0.05) is 0 Å². The average Bonchev–Trinajstić information content (AvgIpc) is 3.19. The Morgan fingerprint density at radius 1 is 1.42 bits per heavy atom. The Bertz CT molecular complexity index is 716. The number of benzene rings is 1. The maximum Gasteiger partial charge on any atom is 0.260 e. The minimum atomic E-state index is -0.576. The molecule has 2 heterocycles. The summed E-state index contributed by atoms with van der Waals surface area (Å²) in [6.45, 7) is 4.53. The van der Waals surface area contributed by atoms with Crippen molar-refractivity contribution in [1.29, 1.82) is 0 Å². The fraction of sp³-hybridized carbons (Fsp3) is 0.412. The van der Waals surface area contributed by atoms with Crippen LogP contribution in [0.3, 0.4) is 0 Å². The fourth-order valence-corrected chi connectivity index (χ4v) is 3.14. The van der Waals surface area contributed by atoms with Crippen LogP contribution >= 0.6 is 11.3 Å². The first-order valence-electron chi connectivity index (χ1n) is 7.87. The van der Waals surface area contributed by atoms with E-state index in [-0.39, 0.29) is 12.7 Å². The summed E-state index contributed by atoms with van der Waals surface area (Å²) >= 11 is 1.66. The van der Waals surface area contributed by atoms with E-state index in [0.29, 0.717) is 23.8 Å². The Hall–Kier alpha value is -2.28. The van der Waals surface area contributed by atoms with Crippen LogP contribution in [0.1, 0.15) is 24.0 Å². The zero-order chi connectivity index (χ0) is 16.9. The lowest BCUT2D eigenvalue weighted by molar-refractivity contribution is -0.127. The second-order valence-electron chi connectivity index (χ2n) is 5.55. The molecule has 1 amide bonds. The minimum absolute atomic E-state index is 0.136. The monoisotopic (exact) mass is 348 g/mol. The maximum atomic E-state index is 12.1. The first-order chi connectivity index (χ1) is 11.6. The van der Waals surface area contributed by atoms with Crippen molar-refractivity contribution in [2.75, 3.05) is 13.3 Å². The Labute approximate surface area is 144 Å². The van der Waals surface area contributed by atoms with Crippen molar-refractivity contribution < 1.29 is 19.0 Å². The molecule has 3 rings (SSSR count). The van der Waals surface area contributed by atoms with Crippen LogP contribution < -0.4 is 19.5 Å². The van der Waals surface area contributed by atoms with Gasteiger partial charge in [0.2, 0.25) is 6.79 Å². The summed E-state index contributed by atoms with van der Waals surface area (Å²) in [5.41, 5.74) is 1.05. The quantitative estimate of drug-likeness (QED) is 0.779. The van der Waals surface area contributed by atoms with Gasteiger partial charge in [0.15, 0.2) is 17.6 Å². The van der Waals surface area contributed by atoms with E-state index < -0.39 is 6.10 Å². The van der Waals surface area contributed by atoms with Crippen molar-refractivity contribution in [3.05, 3.63) is 34.3 Å². The number of thiazole rings is 1. The van der Waals surface area contributed by atoms with Crippen LogP contribution in [0.25, 0.3) is 0 Å². The highest BCUT2D eigenvalue weighted by Gasteiger charge is 2.17. The van der Waals surface area contributed by atoms with Crippen molar-refractivity contribution in [2.24, 2.45) is 0 Å². The molecule has 0 radical (unpaired) electrons. The van der Waals surface area contributed by atoms with Gasteiger partial charge in [-0.05, 0) is 32.4 Å². The number of aryl methyl sites for hydroxylation is 2. The number of amides is 1. The van der Waals surface area contributed by atoms with Crippen molar-refractivity contribution in [2.45, 2.75) is 32.8 Å². The summed E-state index contributed by atoms with van der Waals surface area (Å²) in [5.74, 6) is 1.78. The first-order valence-corrected chi connectivity index (χ1v) is 8.75. The molecular formula is C17H20N2O4S. The number of fused-ring (bicyclic) bond motifs is 1. The molecule has 0 aliphatic carbocycles. The smallest absolute Gasteiger partial charge is 0.260 e. The second kappa shape index (κ2) is 7.53. The lowest BCUT2D eigenvalue weighted by atomic mass is 10.3. The molecule has 6 nitrogen and oxygen atoms in total. The molecule has 24 heavy (non-hydrogen) atoms. The molecule has 2 aromatic rings. The number of rotatable bonds is 7. The highest BCUT2D eigenvalue weighted by molar-refractivity contribution is 7.09. The minimum Gasteiger partial charge on any atom is -0.481 e. The van der Waals surface area contributed by atoms with Crippen molar-refractivity contribution in [1.82, 2.24) is 10.3 Å². The Balaban J connectivity index is 1.41. The van der Waals surface area contributed by atoms with Gasteiger partial charge in [0.1, 0.15) is 5.75 Å². The number of ether oxygens (including phenoxy) is 3. The topological polar surface area (TPSA) is 69.7 Å². The number of aromatic nitrogens is 1. The molecule has 0 unspecified atom stereocenters. The van der Waals surface area contributed by atoms with Crippen molar-refractivity contribution in [3.8, 4) is 17.2 Å². The zero-order valence-corrected chi connectivity index (χ0v) is 14.5. The SMILES string of the molecule is Cc1csc(CCCNC(=O)[C@@H](C)Oc2ccc3c(c2)OCO3)n1. The summed E-state index contributed by atoms with van der Waals surface area (Å²) in [6.07, 6.45) is 1.15. The molecule has 128 valence electrons. The number of nitrogens with one attached hydrogen (secondary N) is 1. The second-order valence-corrected chi connectivity index (χ2v) is 6.50. The maximum absolute atomic E-state index is 12.1. The van der Waals surface area contributed by atoms with Gasteiger partial charge in [0.05, 0.1) is 5.01 Å². The van der Waals surface area contributed by atoms with Crippen LogP contribution in [0.5, 0.6) is 17.2 Å². The lowest BCUT2D eigenvalue weighted by Crippen LogP contribution is -2.36. The van der Waals surface area contributed by atoms with Crippen LogP contribution in [-0.4, -0.2) is 30.3 Å². The van der Waals surface area contributed by atoms with Crippen LogP contribution in [0.2, 0.25) is 0 Å². The van der Waals surface area contributed by atoms with E-state index in [2.05, 4.69) is 10.3 Å². The third kappa shape index (κ3) is 4.17. The molecular weight excluding hydrogens is 328 g/mol. The van der Waals surface area contributed by atoms with Crippen molar-refractivity contribution >= 4 is 17.2 Å². The summed E-state index contributed by atoms with van der Waals surface area (Å²) in [5, 5.41) is 6.03. The van der Waals surface area contributed by atoms with Gasteiger partial charge < -0.3 is 19.5 Å². The molecule has 0 spiro atoms. The van der Waals surface area contributed by atoms with E-state index in [4.69, 9.17) is 14.2 Å². The average molecular weight is 348 g/mol. The van der Waals surface area contributed by atoms with Crippen molar-refractivity contribution in [3.63, 3.8) is 0 Å². The molecule has 1 aromatic carbocycles. The summed E-state index contributed by atoms with van der Waals surface area (Å²) in [6, 6.07) is 5.28. The van der Waals surface area contributed by atoms with Gasteiger partial charge >= 0.3 is 0 Å². The first kappa shape index (κ1) is 16.6. The Kier molecular flexibility index (Phi) is 5.20. The molecule has 7 heteroatoms.